The van der Waals surface area contributed by atoms with E-state index in [2.05, 4.69) is 31.0 Å². The molecule has 31 heavy (non-hydrogen) atoms. The van der Waals surface area contributed by atoms with E-state index in [0.29, 0.717) is 38.1 Å². The summed E-state index contributed by atoms with van der Waals surface area (Å²) in [6, 6.07) is 5.15. The predicted molar refractivity (Wildman–Crippen MR) is 117 cm³/mol. The van der Waals surface area contributed by atoms with Gasteiger partial charge in [0.25, 0.3) is 0 Å². The number of ether oxygens (including phenoxy) is 1. The minimum Gasteiger partial charge on any atom is -0.494 e. The third-order valence-electron chi connectivity index (χ3n) is 7.55. The van der Waals surface area contributed by atoms with Crippen molar-refractivity contribution in [1.29, 1.82) is 0 Å². The van der Waals surface area contributed by atoms with E-state index in [1.165, 1.54) is 13.2 Å². The molecule has 0 radical (unpaired) electrons. The van der Waals surface area contributed by atoms with Crippen molar-refractivity contribution < 1.29 is 18.7 Å². The summed E-state index contributed by atoms with van der Waals surface area (Å²) >= 11 is 0. The maximum absolute atomic E-state index is 13.8. The Morgan fingerprint density at radius 2 is 2.06 bits per heavy atom. The van der Waals surface area contributed by atoms with E-state index in [9.17, 15) is 14.0 Å². The van der Waals surface area contributed by atoms with Crippen molar-refractivity contribution in [2.45, 2.75) is 83.7 Å². The van der Waals surface area contributed by atoms with Gasteiger partial charge in [-0.2, -0.15) is 0 Å². The third kappa shape index (κ3) is 4.58. The minimum atomic E-state index is -0.465. The van der Waals surface area contributed by atoms with Crippen molar-refractivity contribution in [2.24, 2.45) is 10.8 Å². The summed E-state index contributed by atoms with van der Waals surface area (Å²) in [7, 11) is 1.45. The Balaban J connectivity index is 1.46. The van der Waals surface area contributed by atoms with Gasteiger partial charge in [0.15, 0.2) is 11.6 Å². The summed E-state index contributed by atoms with van der Waals surface area (Å²) in [6.45, 7) is 7.78. The number of hydrogen-bond acceptors (Lipinski definition) is 3. The number of carbonyl (C=O) groups excluding carboxylic acids is 2. The van der Waals surface area contributed by atoms with E-state index in [-0.39, 0.29) is 28.4 Å². The molecule has 1 aromatic rings. The summed E-state index contributed by atoms with van der Waals surface area (Å²) < 4.78 is 18.9. The number of nitrogens with zero attached hydrogens (tertiary/aromatic N) is 1. The summed E-state index contributed by atoms with van der Waals surface area (Å²) in [6.07, 6.45) is 6.05. The number of nitrogens with one attached hydrogen (secondary N) is 1. The Morgan fingerprint density at radius 1 is 1.29 bits per heavy atom. The van der Waals surface area contributed by atoms with E-state index in [4.69, 9.17) is 4.74 Å². The van der Waals surface area contributed by atoms with Gasteiger partial charge in [-0.25, -0.2) is 4.39 Å². The molecule has 170 valence electrons. The smallest absolute Gasteiger partial charge is 0.222 e. The second kappa shape index (κ2) is 7.79. The molecule has 3 atom stereocenters. The van der Waals surface area contributed by atoms with Crippen molar-refractivity contribution >= 4 is 11.8 Å². The van der Waals surface area contributed by atoms with Gasteiger partial charge < -0.3 is 15.0 Å². The second-order valence-electron chi connectivity index (χ2n) is 11.2. The number of rotatable bonds is 6. The highest BCUT2D eigenvalue weighted by Gasteiger charge is 2.51. The maximum atomic E-state index is 13.8. The molecular weight excluding hydrogens is 395 g/mol. The number of carbonyl (C=O) groups is 2. The highest BCUT2D eigenvalue weighted by atomic mass is 19.1. The van der Waals surface area contributed by atoms with E-state index in [1.807, 2.05) is 0 Å². The van der Waals surface area contributed by atoms with Gasteiger partial charge in [-0.05, 0) is 67.1 Å². The first-order valence-electron chi connectivity index (χ1n) is 11.5. The molecule has 2 amide bonds. The second-order valence-corrected chi connectivity index (χ2v) is 11.2. The SMILES string of the molecule is COc1cc(C[C@]2(CCC(=O)N3C[C@@]4(C)C[C@@H]3CC(C)(C)C4)CCC(=O)N2)ccc1F. The average molecular weight is 431 g/mol. The summed E-state index contributed by atoms with van der Waals surface area (Å²) in [5.74, 6) is 0.0206. The van der Waals surface area contributed by atoms with Gasteiger partial charge in [0.2, 0.25) is 11.8 Å². The average Bonchev–Trinajstić information content (AvgIpc) is 3.17. The number of benzene rings is 1. The van der Waals surface area contributed by atoms with Crippen molar-refractivity contribution in [3.8, 4) is 5.75 Å². The molecule has 2 saturated heterocycles. The fraction of sp³-hybridized carbons (Fsp3) is 0.680. The molecule has 2 heterocycles. The Bertz CT molecular complexity index is 886. The van der Waals surface area contributed by atoms with Crippen LogP contribution >= 0.6 is 0 Å². The van der Waals surface area contributed by atoms with Gasteiger partial charge >= 0.3 is 0 Å². The lowest BCUT2D eigenvalue weighted by Gasteiger charge is -2.39. The first kappa shape index (κ1) is 22.1. The third-order valence-corrected chi connectivity index (χ3v) is 7.55. The molecule has 2 bridgehead atoms. The van der Waals surface area contributed by atoms with E-state index < -0.39 is 11.4 Å². The molecule has 1 aromatic carbocycles. The fourth-order valence-corrected chi connectivity index (χ4v) is 6.63. The van der Waals surface area contributed by atoms with Gasteiger partial charge in [0, 0.05) is 31.0 Å². The Labute approximate surface area is 184 Å². The molecule has 3 aliphatic rings. The number of likely N-dealkylation sites (tertiary alicyclic amines) is 1. The van der Waals surface area contributed by atoms with Crippen LogP contribution in [0, 0.1) is 16.6 Å². The molecule has 1 aliphatic carbocycles. The quantitative estimate of drug-likeness (QED) is 0.735. The number of methoxy groups -OCH3 is 1. The van der Waals surface area contributed by atoms with Crippen LogP contribution in [0.2, 0.25) is 0 Å². The lowest BCUT2D eigenvalue weighted by molar-refractivity contribution is -0.133. The van der Waals surface area contributed by atoms with E-state index in [0.717, 1.165) is 31.4 Å². The van der Waals surface area contributed by atoms with Crippen LogP contribution in [0.5, 0.6) is 5.75 Å². The highest BCUT2D eigenvalue weighted by molar-refractivity contribution is 5.80. The summed E-state index contributed by atoms with van der Waals surface area (Å²) in [5.41, 5.74) is 0.924. The Morgan fingerprint density at radius 3 is 2.74 bits per heavy atom. The van der Waals surface area contributed by atoms with Crippen LogP contribution in [0.15, 0.2) is 18.2 Å². The molecule has 0 aromatic heterocycles. The van der Waals surface area contributed by atoms with Crippen LogP contribution in [0.1, 0.15) is 71.3 Å². The van der Waals surface area contributed by atoms with Gasteiger partial charge in [-0.3, -0.25) is 9.59 Å². The first-order valence-corrected chi connectivity index (χ1v) is 11.5. The minimum absolute atomic E-state index is 0.0211. The normalized spacial score (nSPS) is 31.6. The van der Waals surface area contributed by atoms with Crippen LogP contribution in [-0.4, -0.2) is 41.9 Å². The lowest BCUT2D eigenvalue weighted by atomic mass is 9.65. The molecule has 0 unspecified atom stereocenters. The molecular formula is C25H35FN2O3. The van der Waals surface area contributed by atoms with Gasteiger partial charge in [0.05, 0.1) is 7.11 Å². The largest absolute Gasteiger partial charge is 0.494 e. The molecule has 0 spiro atoms. The standard InChI is InChI=1S/C25H35FN2O3/c1-23(2)13-18-14-24(3,15-23)16-28(18)22(30)8-10-25(9-7-21(29)27-25)12-17-5-6-19(26)20(11-17)31-4/h5-6,11,18H,7-10,12-16H2,1-4H3,(H,27,29)/t18-,24-,25+/m0/s1. The predicted octanol–water partition coefficient (Wildman–Crippen LogP) is 4.23. The van der Waals surface area contributed by atoms with Crippen LogP contribution in [0.25, 0.3) is 0 Å². The zero-order valence-corrected chi connectivity index (χ0v) is 19.2. The first-order chi connectivity index (χ1) is 14.5. The number of amides is 2. The number of halogens is 1. The fourth-order valence-electron chi connectivity index (χ4n) is 6.63. The Kier molecular flexibility index (Phi) is 5.55. The lowest BCUT2D eigenvalue weighted by Crippen LogP contribution is -2.45. The van der Waals surface area contributed by atoms with Gasteiger partial charge in [0.1, 0.15) is 0 Å². The monoisotopic (exact) mass is 430 g/mol. The Hall–Kier alpha value is -2.11. The zero-order chi connectivity index (χ0) is 22.4. The van der Waals surface area contributed by atoms with Gasteiger partial charge in [-0.15, -0.1) is 0 Å². The van der Waals surface area contributed by atoms with E-state index >= 15 is 0 Å². The molecule has 3 fully saturated rings. The summed E-state index contributed by atoms with van der Waals surface area (Å²) in [4.78, 5) is 27.5. The van der Waals surface area contributed by atoms with Crippen LogP contribution in [0.3, 0.4) is 0 Å². The molecule has 5 nitrogen and oxygen atoms in total. The van der Waals surface area contributed by atoms with Gasteiger partial charge in [-0.1, -0.05) is 26.8 Å². The van der Waals surface area contributed by atoms with E-state index in [1.54, 1.807) is 12.1 Å². The maximum Gasteiger partial charge on any atom is 0.222 e. The van der Waals surface area contributed by atoms with Crippen molar-refractivity contribution in [3.63, 3.8) is 0 Å². The molecule has 4 rings (SSSR count). The van der Waals surface area contributed by atoms with Crippen molar-refractivity contribution in [1.82, 2.24) is 10.2 Å². The van der Waals surface area contributed by atoms with Crippen LogP contribution in [-0.2, 0) is 16.0 Å². The van der Waals surface area contributed by atoms with Crippen molar-refractivity contribution in [3.05, 3.63) is 29.6 Å². The number of hydrogen-bond donors (Lipinski definition) is 1. The number of fused-ring (bicyclic) bond motifs is 2. The molecule has 6 heteroatoms. The topological polar surface area (TPSA) is 58.6 Å². The summed E-state index contributed by atoms with van der Waals surface area (Å²) in [5, 5.41) is 3.14. The van der Waals surface area contributed by atoms with Crippen molar-refractivity contribution in [2.75, 3.05) is 13.7 Å². The zero-order valence-electron chi connectivity index (χ0n) is 19.2. The highest BCUT2D eigenvalue weighted by Crippen LogP contribution is 2.52. The van der Waals surface area contributed by atoms with Crippen LogP contribution < -0.4 is 10.1 Å². The molecule has 1 saturated carbocycles. The molecule has 1 N–H and O–H groups in total. The molecule has 2 aliphatic heterocycles. The van der Waals surface area contributed by atoms with Crippen LogP contribution in [0.4, 0.5) is 4.39 Å².